The molecule has 1 fully saturated rings. The molecule has 1 aromatic carbocycles. The molecule has 0 saturated carbocycles. The van der Waals surface area contributed by atoms with E-state index in [1.807, 2.05) is 0 Å². The third kappa shape index (κ3) is 2.61. The predicted molar refractivity (Wildman–Crippen MR) is 62.3 cm³/mol. The molecule has 3 nitrogen and oxygen atoms in total. The van der Waals surface area contributed by atoms with Crippen LogP contribution in [0.15, 0.2) is 18.2 Å². The van der Waals surface area contributed by atoms with Crippen molar-refractivity contribution in [2.75, 3.05) is 26.4 Å². The normalized spacial score (nSPS) is 17.9. The highest BCUT2D eigenvalue weighted by molar-refractivity contribution is 6.34. The molecule has 0 aliphatic carbocycles. The van der Waals surface area contributed by atoms with Crippen LogP contribution in [0.2, 0.25) is 10.0 Å². The first-order chi connectivity index (χ1) is 7.63. The van der Waals surface area contributed by atoms with Crippen LogP contribution in [-0.2, 0) is 4.74 Å². The molecular weight excluding hydrogens is 251 g/mol. The van der Waals surface area contributed by atoms with E-state index in [9.17, 15) is 5.11 Å². The molecule has 0 aromatic heterocycles. The van der Waals surface area contributed by atoms with Gasteiger partial charge < -0.3 is 14.6 Å². The quantitative estimate of drug-likeness (QED) is 0.906. The molecule has 88 valence electrons. The topological polar surface area (TPSA) is 38.7 Å². The minimum atomic E-state index is -0.269. The van der Waals surface area contributed by atoms with Crippen molar-refractivity contribution in [2.24, 2.45) is 5.41 Å². The second-order valence-corrected chi connectivity index (χ2v) is 4.92. The highest BCUT2D eigenvalue weighted by atomic mass is 35.5. The lowest BCUT2D eigenvalue weighted by molar-refractivity contribution is -0.153. The maximum absolute atomic E-state index is 9.21. The molecule has 1 aliphatic heterocycles. The number of aliphatic hydroxyl groups excluding tert-OH is 1. The van der Waals surface area contributed by atoms with Gasteiger partial charge in [-0.1, -0.05) is 23.2 Å². The first-order valence-electron chi connectivity index (χ1n) is 4.91. The van der Waals surface area contributed by atoms with E-state index in [-0.39, 0.29) is 12.0 Å². The van der Waals surface area contributed by atoms with E-state index >= 15 is 0 Å². The summed E-state index contributed by atoms with van der Waals surface area (Å²) in [6, 6.07) is 5.03. The lowest BCUT2D eigenvalue weighted by atomic mass is 9.88. The molecule has 0 amide bonds. The summed E-state index contributed by atoms with van der Waals surface area (Å²) in [6.45, 7) is 1.51. The molecule has 2 rings (SSSR count). The van der Waals surface area contributed by atoms with Crippen molar-refractivity contribution in [3.8, 4) is 5.75 Å². The van der Waals surface area contributed by atoms with Gasteiger partial charge in [-0.15, -0.1) is 0 Å². The van der Waals surface area contributed by atoms with Gasteiger partial charge >= 0.3 is 0 Å². The molecule has 0 atom stereocenters. The van der Waals surface area contributed by atoms with Crippen molar-refractivity contribution >= 4 is 23.2 Å². The summed E-state index contributed by atoms with van der Waals surface area (Å²) in [6.07, 6.45) is 0. The van der Waals surface area contributed by atoms with Gasteiger partial charge in [0.05, 0.1) is 25.2 Å². The van der Waals surface area contributed by atoms with Crippen LogP contribution in [0.4, 0.5) is 0 Å². The number of benzene rings is 1. The average molecular weight is 263 g/mol. The molecule has 0 radical (unpaired) electrons. The lowest BCUT2D eigenvalue weighted by Gasteiger charge is -2.39. The first-order valence-corrected chi connectivity index (χ1v) is 5.67. The second kappa shape index (κ2) is 4.80. The maximum atomic E-state index is 9.21. The van der Waals surface area contributed by atoms with Crippen LogP contribution in [0, 0.1) is 5.41 Å². The van der Waals surface area contributed by atoms with Gasteiger partial charge in [-0.05, 0) is 18.2 Å². The summed E-state index contributed by atoms with van der Waals surface area (Å²) >= 11 is 11.7. The average Bonchev–Trinajstić information content (AvgIpc) is 2.15. The fourth-order valence-corrected chi connectivity index (χ4v) is 1.97. The Kier molecular flexibility index (Phi) is 3.60. The van der Waals surface area contributed by atoms with Gasteiger partial charge in [0.2, 0.25) is 0 Å². The predicted octanol–water partition coefficient (Wildman–Crippen LogP) is 2.38. The summed E-state index contributed by atoms with van der Waals surface area (Å²) in [5, 5.41) is 10.3. The van der Waals surface area contributed by atoms with Gasteiger partial charge in [0.25, 0.3) is 0 Å². The first kappa shape index (κ1) is 12.0. The summed E-state index contributed by atoms with van der Waals surface area (Å²) in [5.74, 6) is 0.609. The smallest absolute Gasteiger partial charge is 0.122 e. The van der Waals surface area contributed by atoms with Crippen LogP contribution in [0.5, 0.6) is 5.75 Å². The Morgan fingerprint density at radius 3 is 2.31 bits per heavy atom. The summed E-state index contributed by atoms with van der Waals surface area (Å²) in [5.41, 5.74) is -0.269. The Morgan fingerprint density at radius 1 is 1.25 bits per heavy atom. The van der Waals surface area contributed by atoms with Crippen molar-refractivity contribution in [1.29, 1.82) is 0 Å². The SMILES string of the molecule is OCC1(COc2cc(Cl)cc(Cl)c2)COC1. The molecule has 1 heterocycles. The van der Waals surface area contributed by atoms with Gasteiger partial charge in [0.1, 0.15) is 12.4 Å². The number of hydrogen-bond donors (Lipinski definition) is 1. The Balaban J connectivity index is 1.98. The van der Waals surface area contributed by atoms with E-state index in [1.54, 1.807) is 18.2 Å². The Bertz CT molecular complexity index is 352. The molecule has 1 N–H and O–H groups in total. The number of rotatable bonds is 4. The van der Waals surface area contributed by atoms with E-state index < -0.39 is 0 Å². The monoisotopic (exact) mass is 262 g/mol. The number of hydrogen-bond acceptors (Lipinski definition) is 3. The molecule has 1 aromatic rings. The lowest BCUT2D eigenvalue weighted by Crippen LogP contribution is -2.49. The molecule has 16 heavy (non-hydrogen) atoms. The van der Waals surface area contributed by atoms with Gasteiger partial charge in [0, 0.05) is 10.0 Å². The largest absolute Gasteiger partial charge is 0.493 e. The fraction of sp³-hybridized carbons (Fsp3) is 0.455. The minimum absolute atomic E-state index is 0.0568. The molecule has 0 bridgehead atoms. The molecule has 0 unspecified atom stereocenters. The van der Waals surface area contributed by atoms with Gasteiger partial charge in [-0.3, -0.25) is 0 Å². The summed E-state index contributed by atoms with van der Waals surface area (Å²) < 4.78 is 10.6. The van der Waals surface area contributed by atoms with Gasteiger partial charge in [0.15, 0.2) is 0 Å². The van der Waals surface area contributed by atoms with E-state index in [2.05, 4.69) is 0 Å². The number of ether oxygens (including phenoxy) is 2. The molecule has 5 heteroatoms. The van der Waals surface area contributed by atoms with Crippen molar-refractivity contribution in [2.45, 2.75) is 0 Å². The Labute approximate surface area is 104 Å². The van der Waals surface area contributed by atoms with Crippen LogP contribution >= 0.6 is 23.2 Å². The van der Waals surface area contributed by atoms with Crippen molar-refractivity contribution < 1.29 is 14.6 Å². The third-order valence-corrected chi connectivity index (χ3v) is 2.97. The van der Waals surface area contributed by atoms with Crippen LogP contribution in [0.25, 0.3) is 0 Å². The van der Waals surface area contributed by atoms with Crippen molar-refractivity contribution in [1.82, 2.24) is 0 Å². The van der Waals surface area contributed by atoms with Crippen LogP contribution in [0.3, 0.4) is 0 Å². The van der Waals surface area contributed by atoms with Crippen LogP contribution in [-0.4, -0.2) is 31.5 Å². The molecular formula is C11H12Cl2O3. The Morgan fingerprint density at radius 2 is 1.88 bits per heavy atom. The zero-order valence-electron chi connectivity index (χ0n) is 8.58. The van der Waals surface area contributed by atoms with E-state index in [4.69, 9.17) is 32.7 Å². The molecule has 0 spiro atoms. The van der Waals surface area contributed by atoms with Crippen LogP contribution < -0.4 is 4.74 Å². The fourth-order valence-electron chi connectivity index (χ4n) is 1.46. The van der Waals surface area contributed by atoms with Gasteiger partial charge in [-0.25, -0.2) is 0 Å². The van der Waals surface area contributed by atoms with E-state index in [0.717, 1.165) is 0 Å². The van der Waals surface area contributed by atoms with Crippen LogP contribution in [0.1, 0.15) is 0 Å². The number of aliphatic hydroxyl groups is 1. The minimum Gasteiger partial charge on any atom is -0.493 e. The summed E-state index contributed by atoms with van der Waals surface area (Å²) in [7, 11) is 0. The molecule has 1 aliphatic rings. The highest BCUT2D eigenvalue weighted by Gasteiger charge is 2.39. The molecule has 1 saturated heterocycles. The van der Waals surface area contributed by atoms with E-state index in [1.165, 1.54) is 0 Å². The Hall–Kier alpha value is -0.480. The van der Waals surface area contributed by atoms with Crippen molar-refractivity contribution in [3.63, 3.8) is 0 Å². The standard InChI is InChI=1S/C11H12Cl2O3/c12-8-1-9(13)3-10(2-8)16-7-11(4-14)5-15-6-11/h1-3,14H,4-7H2. The van der Waals surface area contributed by atoms with Gasteiger partial charge in [-0.2, -0.15) is 0 Å². The zero-order valence-corrected chi connectivity index (χ0v) is 10.1. The van der Waals surface area contributed by atoms with Crippen molar-refractivity contribution in [3.05, 3.63) is 28.2 Å². The number of halogens is 2. The second-order valence-electron chi connectivity index (χ2n) is 4.04. The summed E-state index contributed by atoms with van der Waals surface area (Å²) in [4.78, 5) is 0. The maximum Gasteiger partial charge on any atom is 0.122 e. The van der Waals surface area contributed by atoms with E-state index in [0.29, 0.717) is 35.6 Å². The third-order valence-electron chi connectivity index (χ3n) is 2.53. The zero-order chi connectivity index (χ0) is 11.6. The highest BCUT2D eigenvalue weighted by Crippen LogP contribution is 2.30.